The lowest BCUT2D eigenvalue weighted by molar-refractivity contribution is 0.0489. The minimum absolute atomic E-state index is 0.0759. The van der Waals surface area contributed by atoms with Crippen molar-refractivity contribution in [3.05, 3.63) is 35.4 Å². The molecule has 2 rings (SSSR count). The average Bonchev–Trinajstić information content (AvgIpc) is 2.23. The van der Waals surface area contributed by atoms with Gasteiger partial charge in [-0.1, -0.05) is 58.9 Å². The molecule has 1 aromatic rings. The Balaban J connectivity index is 2.10. The summed E-state index contributed by atoms with van der Waals surface area (Å²) in [6, 6.07) is 8.93. The molecule has 0 atom stereocenters. The fraction of sp³-hybridized carbons (Fsp3) is 0.647. The summed E-state index contributed by atoms with van der Waals surface area (Å²) in [5.41, 5.74) is 9.56. The van der Waals surface area contributed by atoms with Gasteiger partial charge in [0.15, 0.2) is 0 Å². The van der Waals surface area contributed by atoms with Gasteiger partial charge in [-0.25, -0.2) is 0 Å². The first-order chi connectivity index (χ1) is 8.22. The molecule has 0 aliphatic heterocycles. The van der Waals surface area contributed by atoms with Crippen LogP contribution in [0, 0.1) is 11.3 Å². The molecule has 100 valence electrons. The molecular formula is C17H27N. The van der Waals surface area contributed by atoms with Gasteiger partial charge in [0.05, 0.1) is 0 Å². The first-order valence-corrected chi connectivity index (χ1v) is 7.12. The Labute approximate surface area is 112 Å². The molecular weight excluding hydrogens is 218 g/mol. The van der Waals surface area contributed by atoms with Crippen molar-refractivity contribution < 1.29 is 0 Å². The van der Waals surface area contributed by atoms with Crippen molar-refractivity contribution in [3.63, 3.8) is 0 Å². The highest BCUT2D eigenvalue weighted by Gasteiger charge is 2.46. The van der Waals surface area contributed by atoms with E-state index >= 15 is 0 Å². The molecule has 1 aliphatic carbocycles. The van der Waals surface area contributed by atoms with E-state index in [2.05, 4.69) is 58.9 Å². The van der Waals surface area contributed by atoms with E-state index in [0.29, 0.717) is 11.3 Å². The number of nitrogens with two attached hydrogens (primary N) is 1. The van der Waals surface area contributed by atoms with Crippen molar-refractivity contribution >= 4 is 0 Å². The van der Waals surface area contributed by atoms with Crippen LogP contribution in [0.15, 0.2) is 24.3 Å². The predicted molar refractivity (Wildman–Crippen MR) is 78.6 cm³/mol. The number of benzene rings is 1. The molecule has 1 heteroatoms. The number of hydrogen-bond acceptors (Lipinski definition) is 1. The Morgan fingerprint density at radius 2 is 1.61 bits per heavy atom. The second-order valence-corrected chi connectivity index (χ2v) is 7.40. The third-order valence-corrected chi connectivity index (χ3v) is 4.60. The van der Waals surface area contributed by atoms with E-state index in [-0.39, 0.29) is 5.54 Å². The third-order valence-electron chi connectivity index (χ3n) is 4.60. The molecule has 18 heavy (non-hydrogen) atoms. The van der Waals surface area contributed by atoms with E-state index in [1.54, 1.807) is 0 Å². The molecule has 0 unspecified atom stereocenters. The van der Waals surface area contributed by atoms with Crippen LogP contribution in [-0.2, 0) is 5.54 Å². The molecule has 0 radical (unpaired) electrons. The Bertz CT molecular complexity index is 402. The Hall–Kier alpha value is -0.820. The monoisotopic (exact) mass is 245 g/mol. The summed E-state index contributed by atoms with van der Waals surface area (Å²) in [5.74, 6) is 1.35. The van der Waals surface area contributed by atoms with Crippen molar-refractivity contribution in [2.45, 2.75) is 58.9 Å². The van der Waals surface area contributed by atoms with Gasteiger partial charge in [-0.15, -0.1) is 0 Å². The van der Waals surface area contributed by atoms with Crippen LogP contribution in [0.25, 0.3) is 0 Å². The molecule has 0 saturated heterocycles. The summed E-state index contributed by atoms with van der Waals surface area (Å²) in [5, 5.41) is 0. The van der Waals surface area contributed by atoms with Gasteiger partial charge in [-0.05, 0) is 41.2 Å². The summed E-state index contributed by atoms with van der Waals surface area (Å²) in [6.45, 7) is 11.4. The van der Waals surface area contributed by atoms with Crippen molar-refractivity contribution in [1.82, 2.24) is 0 Å². The van der Waals surface area contributed by atoms with E-state index in [1.807, 2.05) is 0 Å². The molecule has 0 heterocycles. The molecule has 1 nitrogen and oxygen atoms in total. The summed E-state index contributed by atoms with van der Waals surface area (Å²) in [7, 11) is 0. The largest absolute Gasteiger partial charge is 0.321 e. The summed E-state index contributed by atoms with van der Waals surface area (Å²) in [4.78, 5) is 0. The smallest absolute Gasteiger partial charge is 0.0415 e. The van der Waals surface area contributed by atoms with Crippen molar-refractivity contribution in [2.75, 3.05) is 0 Å². The number of hydrogen-bond donors (Lipinski definition) is 1. The van der Waals surface area contributed by atoms with Crippen LogP contribution < -0.4 is 5.73 Å². The topological polar surface area (TPSA) is 26.0 Å². The van der Waals surface area contributed by atoms with Crippen molar-refractivity contribution in [1.29, 1.82) is 0 Å². The molecule has 1 aliphatic rings. The van der Waals surface area contributed by atoms with Crippen LogP contribution >= 0.6 is 0 Å². The fourth-order valence-electron chi connectivity index (χ4n) is 2.87. The van der Waals surface area contributed by atoms with E-state index in [1.165, 1.54) is 11.1 Å². The van der Waals surface area contributed by atoms with E-state index < -0.39 is 0 Å². The highest BCUT2D eigenvalue weighted by atomic mass is 14.8. The van der Waals surface area contributed by atoms with Gasteiger partial charge in [-0.2, -0.15) is 0 Å². The zero-order valence-corrected chi connectivity index (χ0v) is 12.5. The van der Waals surface area contributed by atoms with E-state index in [4.69, 9.17) is 5.73 Å². The van der Waals surface area contributed by atoms with Crippen LogP contribution in [0.1, 0.15) is 64.5 Å². The third kappa shape index (κ3) is 2.47. The molecule has 0 spiro atoms. The molecule has 1 fully saturated rings. The Kier molecular flexibility index (Phi) is 3.31. The summed E-state index contributed by atoms with van der Waals surface area (Å²) < 4.78 is 0. The molecule has 0 aromatic heterocycles. The zero-order valence-electron chi connectivity index (χ0n) is 12.5. The zero-order chi connectivity index (χ0) is 13.6. The molecule has 1 aromatic carbocycles. The number of rotatable bonds is 2. The van der Waals surface area contributed by atoms with Crippen molar-refractivity contribution in [2.24, 2.45) is 17.1 Å². The normalized spacial score (nSPS) is 28.3. The van der Waals surface area contributed by atoms with Crippen LogP contribution in [-0.4, -0.2) is 0 Å². The first kappa shape index (κ1) is 13.6. The lowest BCUT2D eigenvalue weighted by Gasteiger charge is -2.51. The SMILES string of the molecule is CC(C)c1ccc(C2(N)CC(C(C)(C)C)C2)cc1. The van der Waals surface area contributed by atoms with Gasteiger partial charge in [0.2, 0.25) is 0 Å². The van der Waals surface area contributed by atoms with Crippen molar-refractivity contribution in [3.8, 4) is 0 Å². The second kappa shape index (κ2) is 4.38. The van der Waals surface area contributed by atoms with Gasteiger partial charge in [0.25, 0.3) is 0 Å². The van der Waals surface area contributed by atoms with Gasteiger partial charge in [0.1, 0.15) is 0 Å². The fourth-order valence-corrected chi connectivity index (χ4v) is 2.87. The highest BCUT2D eigenvalue weighted by molar-refractivity contribution is 5.32. The summed E-state index contributed by atoms with van der Waals surface area (Å²) >= 11 is 0. The lowest BCUT2D eigenvalue weighted by Crippen LogP contribution is -2.52. The van der Waals surface area contributed by atoms with E-state index in [0.717, 1.165) is 18.8 Å². The van der Waals surface area contributed by atoms with Gasteiger partial charge < -0.3 is 5.73 Å². The van der Waals surface area contributed by atoms with Crippen LogP contribution in [0.5, 0.6) is 0 Å². The lowest BCUT2D eigenvalue weighted by atomic mass is 9.57. The van der Waals surface area contributed by atoms with Gasteiger partial charge >= 0.3 is 0 Å². The quantitative estimate of drug-likeness (QED) is 0.820. The van der Waals surface area contributed by atoms with Gasteiger partial charge in [0, 0.05) is 5.54 Å². The van der Waals surface area contributed by atoms with Crippen LogP contribution in [0.4, 0.5) is 0 Å². The minimum Gasteiger partial charge on any atom is -0.321 e. The predicted octanol–water partition coefficient (Wildman–Crippen LogP) is 4.42. The second-order valence-electron chi connectivity index (χ2n) is 7.40. The minimum atomic E-state index is -0.0759. The van der Waals surface area contributed by atoms with Crippen LogP contribution in [0.3, 0.4) is 0 Å². The average molecular weight is 245 g/mol. The maximum absolute atomic E-state index is 6.54. The first-order valence-electron chi connectivity index (χ1n) is 7.12. The maximum atomic E-state index is 6.54. The van der Waals surface area contributed by atoms with E-state index in [9.17, 15) is 0 Å². The summed E-state index contributed by atoms with van der Waals surface area (Å²) in [6.07, 6.45) is 2.25. The Morgan fingerprint density at radius 3 is 2.00 bits per heavy atom. The molecule has 2 N–H and O–H groups in total. The standard InChI is InChI=1S/C17H27N/c1-12(2)13-6-8-14(9-7-13)17(18)10-15(11-17)16(3,4)5/h6-9,12,15H,10-11,18H2,1-5H3. The molecule has 0 bridgehead atoms. The molecule has 1 saturated carbocycles. The van der Waals surface area contributed by atoms with Gasteiger partial charge in [-0.3, -0.25) is 0 Å². The highest BCUT2D eigenvalue weighted by Crippen LogP contribution is 2.51. The Morgan fingerprint density at radius 1 is 1.11 bits per heavy atom. The molecule has 0 amide bonds. The van der Waals surface area contributed by atoms with Crippen LogP contribution in [0.2, 0.25) is 0 Å². The maximum Gasteiger partial charge on any atom is 0.0415 e.